The number of hydrogen-bond acceptors (Lipinski definition) is 4. The lowest BCUT2D eigenvalue weighted by atomic mass is 9.74. The van der Waals surface area contributed by atoms with Gasteiger partial charge in [0.05, 0.1) is 7.11 Å². The Morgan fingerprint density at radius 3 is 2.88 bits per heavy atom. The van der Waals surface area contributed by atoms with Crippen LogP contribution in [0.15, 0.2) is 18.2 Å². The molecule has 3 rings (SSSR count). The minimum atomic E-state index is -0.149. The maximum absolute atomic E-state index is 11.8. The van der Waals surface area contributed by atoms with Gasteiger partial charge >= 0.3 is 5.97 Å². The van der Waals surface area contributed by atoms with Gasteiger partial charge in [-0.1, -0.05) is 19.1 Å². The maximum Gasteiger partial charge on any atom is 0.307 e. The van der Waals surface area contributed by atoms with E-state index in [1.165, 1.54) is 30.4 Å². The van der Waals surface area contributed by atoms with Crippen molar-refractivity contribution in [2.24, 2.45) is 17.8 Å². The molecule has 0 aromatic heterocycles. The molecule has 4 atom stereocenters. The average Bonchev–Trinajstić information content (AvgIpc) is 3.05. The van der Waals surface area contributed by atoms with Gasteiger partial charge in [-0.25, -0.2) is 0 Å². The summed E-state index contributed by atoms with van der Waals surface area (Å²) in [6.45, 7) is 2.00. The first kappa shape index (κ1) is 19.2. The van der Waals surface area contributed by atoms with E-state index in [-0.39, 0.29) is 12.2 Å². The number of carbonyl (C=O) groups excluding carboxylic acids is 1. The summed E-state index contributed by atoms with van der Waals surface area (Å²) in [7, 11) is 3.65. The molecule has 0 heterocycles. The van der Waals surface area contributed by atoms with Gasteiger partial charge in [0.1, 0.15) is 5.75 Å². The normalized spacial score (nSPS) is 25.3. The number of nitrogens with one attached hydrogen (secondary N) is 1. The lowest BCUT2D eigenvalue weighted by Gasteiger charge is -2.32. The molecule has 1 N–H and O–H groups in total. The van der Waals surface area contributed by atoms with Crippen molar-refractivity contribution >= 4 is 5.97 Å². The molecule has 2 aliphatic carbocycles. The summed E-state index contributed by atoms with van der Waals surface area (Å²) >= 11 is 0. The van der Waals surface area contributed by atoms with E-state index in [0.717, 1.165) is 49.2 Å². The molecule has 144 valence electrons. The van der Waals surface area contributed by atoms with Crippen LogP contribution >= 0.6 is 0 Å². The Hall–Kier alpha value is -1.55. The quantitative estimate of drug-likeness (QED) is 0.561. The SMILES string of the molecule is CCCC(=O)OC(CCC1CCC2Cc3c(cccc3OC)CC12)NC. The Kier molecular flexibility index (Phi) is 6.58. The molecule has 1 fully saturated rings. The van der Waals surface area contributed by atoms with Crippen molar-refractivity contribution in [2.45, 2.75) is 64.5 Å². The van der Waals surface area contributed by atoms with Crippen molar-refractivity contribution in [1.29, 1.82) is 0 Å². The number of hydrogen-bond donors (Lipinski definition) is 1. The van der Waals surface area contributed by atoms with Crippen molar-refractivity contribution in [3.63, 3.8) is 0 Å². The molecule has 1 saturated carbocycles. The Balaban J connectivity index is 1.58. The van der Waals surface area contributed by atoms with Crippen LogP contribution in [0.1, 0.15) is 56.6 Å². The van der Waals surface area contributed by atoms with E-state index >= 15 is 0 Å². The zero-order chi connectivity index (χ0) is 18.5. The average molecular weight is 360 g/mol. The highest BCUT2D eigenvalue weighted by atomic mass is 16.6. The molecule has 0 saturated heterocycles. The molecule has 0 aliphatic heterocycles. The van der Waals surface area contributed by atoms with Crippen LogP contribution in [0.4, 0.5) is 0 Å². The Morgan fingerprint density at radius 2 is 2.15 bits per heavy atom. The fraction of sp³-hybridized carbons (Fsp3) is 0.682. The minimum absolute atomic E-state index is 0.0881. The molecular formula is C22H33NO3. The number of rotatable bonds is 8. The van der Waals surface area contributed by atoms with Crippen molar-refractivity contribution < 1.29 is 14.3 Å². The lowest BCUT2D eigenvalue weighted by molar-refractivity contribution is -0.151. The number of ether oxygens (including phenoxy) is 2. The van der Waals surface area contributed by atoms with E-state index in [0.29, 0.717) is 6.42 Å². The summed E-state index contributed by atoms with van der Waals surface area (Å²) in [5.74, 6) is 3.25. The van der Waals surface area contributed by atoms with Crippen molar-refractivity contribution in [2.75, 3.05) is 14.2 Å². The second-order valence-corrected chi connectivity index (χ2v) is 7.86. The summed E-state index contributed by atoms with van der Waals surface area (Å²) in [5, 5.41) is 3.16. The summed E-state index contributed by atoms with van der Waals surface area (Å²) < 4.78 is 11.1. The molecule has 0 radical (unpaired) electrons. The molecule has 0 amide bonds. The van der Waals surface area contributed by atoms with Crippen LogP contribution in [0.5, 0.6) is 5.75 Å². The van der Waals surface area contributed by atoms with E-state index in [2.05, 4.69) is 23.5 Å². The van der Waals surface area contributed by atoms with E-state index in [4.69, 9.17) is 9.47 Å². The lowest BCUT2D eigenvalue weighted by Crippen LogP contribution is -2.32. The van der Waals surface area contributed by atoms with Crippen LogP contribution < -0.4 is 10.1 Å². The van der Waals surface area contributed by atoms with Gasteiger partial charge in [-0.15, -0.1) is 0 Å². The fourth-order valence-corrected chi connectivity index (χ4v) is 4.98. The molecule has 4 heteroatoms. The number of methoxy groups -OCH3 is 1. The molecule has 1 aromatic carbocycles. The number of esters is 1. The first-order valence-electron chi connectivity index (χ1n) is 10.2. The molecule has 26 heavy (non-hydrogen) atoms. The second kappa shape index (κ2) is 8.90. The van der Waals surface area contributed by atoms with Gasteiger partial charge in [0, 0.05) is 6.42 Å². The van der Waals surface area contributed by atoms with Crippen LogP contribution in [0.2, 0.25) is 0 Å². The van der Waals surface area contributed by atoms with Crippen molar-refractivity contribution in [1.82, 2.24) is 5.32 Å². The third kappa shape index (κ3) is 4.22. The summed E-state index contributed by atoms with van der Waals surface area (Å²) in [4.78, 5) is 11.8. The first-order valence-corrected chi connectivity index (χ1v) is 10.2. The minimum Gasteiger partial charge on any atom is -0.496 e. The molecule has 2 aliphatic rings. The zero-order valence-electron chi connectivity index (χ0n) is 16.4. The van der Waals surface area contributed by atoms with Crippen LogP contribution in [-0.2, 0) is 22.4 Å². The van der Waals surface area contributed by atoms with Crippen LogP contribution in [0.25, 0.3) is 0 Å². The van der Waals surface area contributed by atoms with Crippen LogP contribution in [-0.4, -0.2) is 26.4 Å². The third-order valence-corrected chi connectivity index (χ3v) is 6.34. The fourth-order valence-electron chi connectivity index (χ4n) is 4.98. The van der Waals surface area contributed by atoms with E-state index in [9.17, 15) is 4.79 Å². The highest BCUT2D eigenvalue weighted by Crippen LogP contribution is 2.48. The van der Waals surface area contributed by atoms with Gasteiger partial charge in [0.15, 0.2) is 6.23 Å². The number of carbonyl (C=O) groups is 1. The zero-order valence-corrected chi connectivity index (χ0v) is 16.4. The topological polar surface area (TPSA) is 47.6 Å². The monoisotopic (exact) mass is 359 g/mol. The van der Waals surface area contributed by atoms with Gasteiger partial charge in [-0.3, -0.25) is 10.1 Å². The summed E-state index contributed by atoms with van der Waals surface area (Å²) in [6, 6.07) is 6.48. The van der Waals surface area contributed by atoms with Crippen LogP contribution in [0, 0.1) is 17.8 Å². The summed E-state index contributed by atoms with van der Waals surface area (Å²) in [6.07, 6.45) is 8.16. The van der Waals surface area contributed by atoms with Crippen molar-refractivity contribution in [3.05, 3.63) is 29.3 Å². The van der Waals surface area contributed by atoms with Gasteiger partial charge in [-0.05, 0) is 86.9 Å². The highest BCUT2D eigenvalue weighted by Gasteiger charge is 2.39. The number of benzene rings is 1. The van der Waals surface area contributed by atoms with E-state index in [1.54, 1.807) is 7.11 Å². The van der Waals surface area contributed by atoms with Gasteiger partial charge in [0.25, 0.3) is 0 Å². The Bertz CT molecular complexity index is 615. The Labute approximate surface area is 157 Å². The molecule has 4 nitrogen and oxygen atoms in total. The number of fused-ring (bicyclic) bond motifs is 2. The highest BCUT2D eigenvalue weighted by molar-refractivity contribution is 5.69. The molecule has 1 aromatic rings. The largest absolute Gasteiger partial charge is 0.496 e. The molecular weight excluding hydrogens is 326 g/mol. The van der Waals surface area contributed by atoms with E-state index < -0.39 is 0 Å². The third-order valence-electron chi connectivity index (χ3n) is 6.34. The maximum atomic E-state index is 11.8. The standard InChI is InChI=1S/C22H33NO3/c1-4-6-22(24)26-21(23-2)12-11-15-9-10-17-14-19-16(13-18(15)17)7-5-8-20(19)25-3/h5,7-8,15,17-18,21,23H,4,6,9-14H2,1-3H3. The van der Waals surface area contributed by atoms with E-state index in [1.807, 2.05) is 14.0 Å². The van der Waals surface area contributed by atoms with Crippen molar-refractivity contribution in [3.8, 4) is 5.75 Å². The molecule has 4 unspecified atom stereocenters. The molecule has 0 bridgehead atoms. The first-order chi connectivity index (χ1) is 12.7. The predicted octanol–water partition coefficient (Wildman–Crippen LogP) is 4.11. The molecule has 0 spiro atoms. The van der Waals surface area contributed by atoms with Gasteiger partial charge in [-0.2, -0.15) is 0 Å². The smallest absolute Gasteiger partial charge is 0.307 e. The van der Waals surface area contributed by atoms with Crippen LogP contribution in [0.3, 0.4) is 0 Å². The second-order valence-electron chi connectivity index (χ2n) is 7.86. The predicted molar refractivity (Wildman–Crippen MR) is 103 cm³/mol. The van der Waals surface area contributed by atoms with Gasteiger partial charge in [0.2, 0.25) is 0 Å². The van der Waals surface area contributed by atoms with Gasteiger partial charge < -0.3 is 9.47 Å². The summed E-state index contributed by atoms with van der Waals surface area (Å²) in [5.41, 5.74) is 2.90. The Morgan fingerprint density at radius 1 is 1.31 bits per heavy atom.